The number of ether oxygens (including phenoxy) is 1. The van der Waals surface area contributed by atoms with Gasteiger partial charge < -0.3 is 4.74 Å². The van der Waals surface area contributed by atoms with Gasteiger partial charge in [-0.3, -0.25) is 4.72 Å². The van der Waals surface area contributed by atoms with Gasteiger partial charge in [0.05, 0.1) is 16.8 Å². The van der Waals surface area contributed by atoms with Crippen molar-refractivity contribution in [1.82, 2.24) is 9.97 Å². The van der Waals surface area contributed by atoms with Gasteiger partial charge >= 0.3 is 0 Å². The molecule has 0 aliphatic carbocycles. The second-order valence-corrected chi connectivity index (χ2v) is 6.32. The van der Waals surface area contributed by atoms with Crippen LogP contribution in [-0.2, 0) is 14.8 Å². The van der Waals surface area contributed by atoms with E-state index in [2.05, 4.69) is 14.7 Å². The molecule has 0 amide bonds. The first-order chi connectivity index (χ1) is 9.52. The van der Waals surface area contributed by atoms with E-state index in [-0.39, 0.29) is 16.7 Å². The van der Waals surface area contributed by atoms with Gasteiger partial charge in [0.1, 0.15) is 0 Å². The molecule has 108 valence electrons. The van der Waals surface area contributed by atoms with Gasteiger partial charge in [-0.05, 0) is 18.6 Å². The first kappa shape index (κ1) is 15.0. The zero-order valence-corrected chi connectivity index (χ0v) is 12.4. The molecule has 0 bridgehead atoms. The molecule has 0 spiro atoms. The highest BCUT2D eigenvalue weighted by atomic mass is 35.5. The quantitative estimate of drug-likeness (QED) is 0.825. The first-order valence-corrected chi connectivity index (χ1v) is 7.96. The maximum Gasteiger partial charge on any atom is 0.234 e. The van der Waals surface area contributed by atoms with Gasteiger partial charge in [0.25, 0.3) is 0 Å². The van der Waals surface area contributed by atoms with Crippen LogP contribution in [0.15, 0.2) is 24.3 Å². The average molecular weight is 316 g/mol. The number of hydrogen-bond donors (Lipinski definition) is 1. The molecule has 0 aliphatic rings. The fraction of sp³-hybridized carbons (Fsp3) is 0.333. The summed E-state index contributed by atoms with van der Waals surface area (Å²) in [7, 11) is -2.00. The fourth-order valence-corrected chi connectivity index (χ4v) is 2.91. The molecular weight excluding hydrogens is 302 g/mol. The number of aromatic nitrogens is 2. The summed E-state index contributed by atoms with van der Waals surface area (Å²) in [6.45, 7) is 0.373. The number of benzene rings is 1. The third-order valence-electron chi connectivity index (χ3n) is 2.54. The van der Waals surface area contributed by atoms with Crippen LogP contribution in [0.1, 0.15) is 6.42 Å². The number of nitrogens with one attached hydrogen (secondary N) is 1. The lowest BCUT2D eigenvalue weighted by molar-refractivity contribution is 0.199. The molecule has 1 N–H and O–H groups in total. The number of para-hydroxylation sites is 2. The predicted octanol–water partition coefficient (Wildman–Crippen LogP) is 2.06. The molecule has 1 aromatic carbocycles. The molecule has 2 rings (SSSR count). The van der Waals surface area contributed by atoms with E-state index in [0.29, 0.717) is 24.1 Å². The van der Waals surface area contributed by atoms with E-state index >= 15 is 0 Å². The minimum atomic E-state index is -3.51. The molecule has 6 nitrogen and oxygen atoms in total. The van der Waals surface area contributed by atoms with Gasteiger partial charge in [-0.15, -0.1) is 0 Å². The van der Waals surface area contributed by atoms with E-state index in [1.54, 1.807) is 18.2 Å². The minimum Gasteiger partial charge on any atom is -0.385 e. The maximum absolute atomic E-state index is 11.9. The first-order valence-electron chi connectivity index (χ1n) is 5.93. The van der Waals surface area contributed by atoms with Crippen LogP contribution in [0.2, 0.25) is 5.15 Å². The van der Waals surface area contributed by atoms with Crippen LogP contribution in [0.3, 0.4) is 0 Å². The van der Waals surface area contributed by atoms with Crippen LogP contribution >= 0.6 is 11.6 Å². The lowest BCUT2D eigenvalue weighted by Gasteiger charge is -2.09. The Morgan fingerprint density at radius 2 is 1.90 bits per heavy atom. The summed E-state index contributed by atoms with van der Waals surface area (Å²) in [4.78, 5) is 8.28. The number of halogens is 1. The summed E-state index contributed by atoms with van der Waals surface area (Å²) in [6, 6.07) is 7.09. The largest absolute Gasteiger partial charge is 0.385 e. The number of fused-ring (bicyclic) bond motifs is 1. The Balaban J connectivity index is 2.22. The molecule has 0 radical (unpaired) electrons. The molecule has 0 aliphatic heterocycles. The number of nitrogens with zero attached hydrogens (tertiary/aromatic N) is 2. The minimum absolute atomic E-state index is 0.0269. The van der Waals surface area contributed by atoms with Crippen LogP contribution in [-0.4, -0.2) is 37.9 Å². The molecule has 0 saturated heterocycles. The molecule has 0 fully saturated rings. The Morgan fingerprint density at radius 3 is 2.55 bits per heavy atom. The highest BCUT2D eigenvalue weighted by molar-refractivity contribution is 7.92. The number of sulfonamides is 1. The molecule has 1 heterocycles. The second kappa shape index (κ2) is 6.34. The zero-order chi connectivity index (χ0) is 14.6. The number of rotatable bonds is 6. The summed E-state index contributed by atoms with van der Waals surface area (Å²) in [5, 5.41) is 0.0269. The SMILES string of the molecule is COCCCS(=O)(=O)Nc1nc2ccccc2nc1Cl. The van der Waals surface area contributed by atoms with Gasteiger partial charge in [0.2, 0.25) is 10.0 Å². The Hall–Kier alpha value is -1.44. The molecule has 0 atom stereocenters. The standard InChI is InChI=1S/C12H14ClN3O3S/c1-19-7-4-8-20(17,18)16-12-11(13)14-9-5-2-3-6-10(9)15-12/h2-3,5-6H,4,7-8H2,1H3,(H,15,16). The summed E-state index contributed by atoms with van der Waals surface area (Å²) < 4.78 is 30.9. The normalized spacial score (nSPS) is 11.7. The van der Waals surface area contributed by atoms with Crippen molar-refractivity contribution in [1.29, 1.82) is 0 Å². The van der Waals surface area contributed by atoms with Crippen LogP contribution in [0.5, 0.6) is 0 Å². The Morgan fingerprint density at radius 1 is 1.25 bits per heavy atom. The lowest BCUT2D eigenvalue weighted by atomic mass is 10.3. The lowest BCUT2D eigenvalue weighted by Crippen LogP contribution is -2.19. The van der Waals surface area contributed by atoms with Gasteiger partial charge in [0.15, 0.2) is 11.0 Å². The molecule has 2 aromatic rings. The summed E-state index contributed by atoms with van der Waals surface area (Å²) in [5.41, 5.74) is 1.19. The molecule has 20 heavy (non-hydrogen) atoms. The van der Waals surface area contributed by atoms with Crippen LogP contribution in [0.25, 0.3) is 11.0 Å². The smallest absolute Gasteiger partial charge is 0.234 e. The van der Waals surface area contributed by atoms with E-state index in [0.717, 1.165) is 0 Å². The molecule has 1 aromatic heterocycles. The number of anilines is 1. The van der Waals surface area contributed by atoms with Crippen molar-refractivity contribution in [2.45, 2.75) is 6.42 Å². The fourth-order valence-electron chi connectivity index (χ4n) is 1.64. The van der Waals surface area contributed by atoms with E-state index < -0.39 is 10.0 Å². The zero-order valence-electron chi connectivity index (χ0n) is 10.8. The van der Waals surface area contributed by atoms with E-state index in [9.17, 15) is 8.42 Å². The molecule has 8 heteroatoms. The van der Waals surface area contributed by atoms with Crippen molar-refractivity contribution in [3.63, 3.8) is 0 Å². The summed E-state index contributed by atoms with van der Waals surface area (Å²) in [6.07, 6.45) is 0.393. The van der Waals surface area contributed by atoms with Gasteiger partial charge in [-0.1, -0.05) is 23.7 Å². The highest BCUT2D eigenvalue weighted by Crippen LogP contribution is 2.21. The number of hydrogen-bond acceptors (Lipinski definition) is 5. The van der Waals surface area contributed by atoms with E-state index in [1.165, 1.54) is 7.11 Å². The Kier molecular flexibility index (Phi) is 4.74. The van der Waals surface area contributed by atoms with Crippen molar-refractivity contribution in [2.24, 2.45) is 0 Å². The molecular formula is C12H14ClN3O3S. The summed E-state index contributed by atoms with van der Waals surface area (Å²) in [5.74, 6) is -0.0196. The van der Waals surface area contributed by atoms with Crippen LogP contribution < -0.4 is 4.72 Å². The predicted molar refractivity (Wildman–Crippen MR) is 78.5 cm³/mol. The third kappa shape index (κ3) is 3.78. The van der Waals surface area contributed by atoms with Gasteiger partial charge in [-0.25, -0.2) is 18.4 Å². The van der Waals surface area contributed by atoms with Gasteiger partial charge in [0, 0.05) is 13.7 Å². The Labute approximate surface area is 122 Å². The van der Waals surface area contributed by atoms with Crippen LogP contribution in [0, 0.1) is 0 Å². The van der Waals surface area contributed by atoms with Gasteiger partial charge in [-0.2, -0.15) is 0 Å². The number of methoxy groups -OCH3 is 1. The second-order valence-electron chi connectivity index (χ2n) is 4.12. The third-order valence-corrected chi connectivity index (χ3v) is 4.14. The van der Waals surface area contributed by atoms with E-state index in [4.69, 9.17) is 16.3 Å². The highest BCUT2D eigenvalue weighted by Gasteiger charge is 2.15. The monoisotopic (exact) mass is 315 g/mol. The average Bonchev–Trinajstić information content (AvgIpc) is 2.39. The van der Waals surface area contributed by atoms with Crippen molar-refractivity contribution in [3.8, 4) is 0 Å². The van der Waals surface area contributed by atoms with E-state index in [1.807, 2.05) is 6.07 Å². The van der Waals surface area contributed by atoms with Crippen molar-refractivity contribution < 1.29 is 13.2 Å². The Bertz CT molecular complexity index is 706. The summed E-state index contributed by atoms with van der Waals surface area (Å²) >= 11 is 5.95. The van der Waals surface area contributed by atoms with Crippen molar-refractivity contribution >= 4 is 38.5 Å². The topological polar surface area (TPSA) is 81.2 Å². The molecule has 0 saturated carbocycles. The van der Waals surface area contributed by atoms with Crippen LogP contribution in [0.4, 0.5) is 5.82 Å². The molecule has 0 unspecified atom stereocenters. The van der Waals surface area contributed by atoms with Crippen molar-refractivity contribution in [2.75, 3.05) is 24.2 Å². The maximum atomic E-state index is 11.9. The van der Waals surface area contributed by atoms with Crippen molar-refractivity contribution in [3.05, 3.63) is 29.4 Å².